The first-order valence-electron chi connectivity index (χ1n) is 5.86. The van der Waals surface area contributed by atoms with Crippen LogP contribution in [-0.4, -0.2) is 36.1 Å². The molecule has 1 aromatic rings. The second-order valence-electron chi connectivity index (χ2n) is 4.45. The zero-order valence-electron chi connectivity index (χ0n) is 10.7. The molecule has 0 unspecified atom stereocenters. The summed E-state index contributed by atoms with van der Waals surface area (Å²) in [5, 5.41) is 3.25. The van der Waals surface area contributed by atoms with Gasteiger partial charge in [0, 0.05) is 23.3 Å². The number of hydrogen-bond donors (Lipinski definition) is 2. The van der Waals surface area contributed by atoms with Gasteiger partial charge in [0.1, 0.15) is 5.82 Å². The number of nitrogens with two attached hydrogens (primary N) is 1. The summed E-state index contributed by atoms with van der Waals surface area (Å²) in [6.45, 7) is 6.35. The maximum atomic E-state index is 5.85. The van der Waals surface area contributed by atoms with E-state index in [0.29, 0.717) is 11.7 Å². The van der Waals surface area contributed by atoms with Gasteiger partial charge in [0.05, 0.1) is 5.69 Å². The van der Waals surface area contributed by atoms with Gasteiger partial charge in [-0.3, -0.25) is 0 Å². The van der Waals surface area contributed by atoms with Crippen molar-refractivity contribution in [3.8, 4) is 0 Å². The van der Waals surface area contributed by atoms with Crippen LogP contribution in [0.3, 0.4) is 0 Å². The molecule has 0 atom stereocenters. The van der Waals surface area contributed by atoms with E-state index in [4.69, 9.17) is 5.73 Å². The molecule has 0 aromatic carbocycles. The molecule has 0 bridgehead atoms. The van der Waals surface area contributed by atoms with Gasteiger partial charge >= 0.3 is 0 Å². The quantitative estimate of drug-likeness (QED) is 0.793. The summed E-state index contributed by atoms with van der Waals surface area (Å²) < 4.78 is 0.903. The van der Waals surface area contributed by atoms with Crippen molar-refractivity contribution in [2.75, 3.05) is 31.2 Å². The first-order chi connectivity index (χ1) is 8.00. The van der Waals surface area contributed by atoms with E-state index in [0.717, 1.165) is 29.8 Å². The molecule has 3 N–H and O–H groups in total. The largest absolute Gasteiger partial charge is 0.396 e. The summed E-state index contributed by atoms with van der Waals surface area (Å²) in [6, 6.07) is 2.45. The summed E-state index contributed by atoms with van der Waals surface area (Å²) in [5.41, 5.74) is 6.52. The number of hydrogen-bond acceptors (Lipinski definition) is 4. The highest BCUT2D eigenvalue weighted by Crippen LogP contribution is 2.19. The van der Waals surface area contributed by atoms with Crippen LogP contribution in [0.2, 0.25) is 0 Å². The Bertz CT molecular complexity index is 354. The lowest BCUT2D eigenvalue weighted by Gasteiger charge is -2.20. The molecule has 0 aliphatic heterocycles. The highest BCUT2D eigenvalue weighted by Gasteiger charge is 2.03. The summed E-state index contributed by atoms with van der Waals surface area (Å²) in [5.74, 6) is 0.764. The molecule has 1 rings (SSSR count). The molecule has 0 aliphatic carbocycles. The number of nitrogen functional groups attached to an aromatic ring is 1. The van der Waals surface area contributed by atoms with Crippen molar-refractivity contribution >= 4 is 27.4 Å². The Morgan fingerprint density at radius 2 is 2.24 bits per heavy atom. The van der Waals surface area contributed by atoms with Gasteiger partial charge in [-0.25, -0.2) is 4.98 Å². The van der Waals surface area contributed by atoms with Crippen molar-refractivity contribution in [3.63, 3.8) is 0 Å². The Labute approximate surface area is 112 Å². The predicted molar refractivity (Wildman–Crippen MR) is 77.2 cm³/mol. The van der Waals surface area contributed by atoms with E-state index >= 15 is 0 Å². The molecule has 1 heterocycles. The van der Waals surface area contributed by atoms with Gasteiger partial charge in [-0.1, -0.05) is 0 Å². The fraction of sp³-hybridized carbons (Fsp3) is 0.583. The zero-order chi connectivity index (χ0) is 12.8. The minimum absolute atomic E-state index is 0.589. The molecule has 17 heavy (non-hydrogen) atoms. The number of aromatic nitrogens is 1. The van der Waals surface area contributed by atoms with Crippen LogP contribution in [0.4, 0.5) is 11.5 Å². The molecule has 96 valence electrons. The average molecular weight is 301 g/mol. The maximum Gasteiger partial charge on any atom is 0.149 e. The van der Waals surface area contributed by atoms with Crippen LogP contribution in [0, 0.1) is 0 Å². The normalized spacial score (nSPS) is 11.2. The second-order valence-corrected chi connectivity index (χ2v) is 5.36. The van der Waals surface area contributed by atoms with Crippen LogP contribution in [0.5, 0.6) is 0 Å². The van der Waals surface area contributed by atoms with Gasteiger partial charge in [-0.15, -0.1) is 0 Å². The third-order valence-electron chi connectivity index (χ3n) is 2.75. The minimum Gasteiger partial charge on any atom is -0.396 e. The fourth-order valence-corrected chi connectivity index (χ4v) is 1.75. The van der Waals surface area contributed by atoms with E-state index in [-0.39, 0.29) is 0 Å². The van der Waals surface area contributed by atoms with Crippen LogP contribution < -0.4 is 11.1 Å². The van der Waals surface area contributed by atoms with E-state index < -0.39 is 0 Å². The molecule has 0 aliphatic rings. The van der Waals surface area contributed by atoms with Gasteiger partial charge in [-0.2, -0.15) is 0 Å². The van der Waals surface area contributed by atoms with E-state index in [9.17, 15) is 0 Å². The molecule has 4 nitrogen and oxygen atoms in total. The summed E-state index contributed by atoms with van der Waals surface area (Å²) in [6.07, 6.45) is 2.82. The van der Waals surface area contributed by atoms with Crippen LogP contribution in [-0.2, 0) is 0 Å². The molecule has 0 saturated carbocycles. The maximum absolute atomic E-state index is 5.85. The number of anilines is 2. The fourth-order valence-electron chi connectivity index (χ4n) is 1.40. The van der Waals surface area contributed by atoms with E-state index in [1.807, 2.05) is 6.07 Å². The SMILES string of the molecule is CC(C)N(C)CCCNc1ncc(Br)cc1N. The van der Waals surface area contributed by atoms with E-state index in [1.54, 1.807) is 6.20 Å². The van der Waals surface area contributed by atoms with Crippen molar-refractivity contribution in [3.05, 3.63) is 16.7 Å². The lowest BCUT2D eigenvalue weighted by atomic mass is 10.3. The Kier molecular flexibility index (Phi) is 5.71. The second kappa shape index (κ2) is 6.81. The van der Waals surface area contributed by atoms with Crippen molar-refractivity contribution in [2.45, 2.75) is 26.3 Å². The van der Waals surface area contributed by atoms with Crippen LogP contribution in [0.25, 0.3) is 0 Å². The minimum atomic E-state index is 0.589. The third-order valence-corrected chi connectivity index (χ3v) is 3.18. The molecule has 5 heteroatoms. The highest BCUT2D eigenvalue weighted by molar-refractivity contribution is 9.10. The standard InChI is InChI=1S/C12H21BrN4/c1-9(2)17(3)6-4-5-15-12-11(14)7-10(13)8-16-12/h7-9H,4-6,14H2,1-3H3,(H,15,16). The number of rotatable bonds is 6. The van der Waals surface area contributed by atoms with Gasteiger partial charge < -0.3 is 16.0 Å². The summed E-state index contributed by atoms with van der Waals surface area (Å²) in [7, 11) is 2.14. The molecule has 0 spiro atoms. The zero-order valence-corrected chi connectivity index (χ0v) is 12.3. The monoisotopic (exact) mass is 300 g/mol. The Morgan fingerprint density at radius 3 is 2.82 bits per heavy atom. The molecule has 0 amide bonds. The number of nitrogens with one attached hydrogen (secondary N) is 1. The van der Waals surface area contributed by atoms with Gasteiger partial charge in [0.15, 0.2) is 0 Å². The average Bonchev–Trinajstić information content (AvgIpc) is 2.26. The summed E-state index contributed by atoms with van der Waals surface area (Å²) >= 11 is 3.34. The van der Waals surface area contributed by atoms with Crippen LogP contribution in [0.15, 0.2) is 16.7 Å². The number of nitrogens with zero attached hydrogens (tertiary/aromatic N) is 2. The Hall–Kier alpha value is -0.810. The number of halogens is 1. The first kappa shape index (κ1) is 14.3. The van der Waals surface area contributed by atoms with Crippen LogP contribution in [0.1, 0.15) is 20.3 Å². The van der Waals surface area contributed by atoms with Crippen molar-refractivity contribution < 1.29 is 0 Å². The van der Waals surface area contributed by atoms with Crippen molar-refractivity contribution in [2.24, 2.45) is 0 Å². The van der Waals surface area contributed by atoms with E-state index in [2.05, 4.69) is 52.0 Å². The first-order valence-corrected chi connectivity index (χ1v) is 6.65. The number of pyridine rings is 1. The smallest absolute Gasteiger partial charge is 0.149 e. The van der Waals surface area contributed by atoms with Crippen molar-refractivity contribution in [1.82, 2.24) is 9.88 Å². The molecule has 0 radical (unpaired) electrons. The molecule has 0 saturated heterocycles. The highest BCUT2D eigenvalue weighted by atomic mass is 79.9. The van der Waals surface area contributed by atoms with Gasteiger partial charge in [-0.05, 0) is 55.9 Å². The van der Waals surface area contributed by atoms with E-state index in [1.165, 1.54) is 0 Å². The summed E-state index contributed by atoms with van der Waals surface area (Å²) in [4.78, 5) is 6.55. The van der Waals surface area contributed by atoms with Crippen LogP contribution >= 0.6 is 15.9 Å². The van der Waals surface area contributed by atoms with Gasteiger partial charge in [0.25, 0.3) is 0 Å². The molecule has 0 fully saturated rings. The third kappa shape index (κ3) is 4.91. The van der Waals surface area contributed by atoms with Gasteiger partial charge in [0.2, 0.25) is 0 Å². The topological polar surface area (TPSA) is 54.2 Å². The molecular weight excluding hydrogens is 280 g/mol. The van der Waals surface area contributed by atoms with Crippen molar-refractivity contribution in [1.29, 1.82) is 0 Å². The Balaban J connectivity index is 2.31. The lowest BCUT2D eigenvalue weighted by Crippen LogP contribution is -2.28. The Morgan fingerprint density at radius 1 is 1.53 bits per heavy atom. The predicted octanol–water partition coefficient (Wildman–Crippen LogP) is 2.57. The lowest BCUT2D eigenvalue weighted by molar-refractivity contribution is 0.273. The molecular formula is C12H21BrN4. The molecule has 1 aromatic heterocycles.